The molecular weight excluding hydrogens is 374 g/mol. The molecule has 2 aromatic rings. The smallest absolute Gasteiger partial charge is 0.348 e. The lowest BCUT2D eigenvalue weighted by atomic mass is 10.1. The van der Waals surface area contributed by atoms with Crippen molar-refractivity contribution in [1.29, 1.82) is 5.26 Å². The minimum Gasteiger partial charge on any atom is -0.497 e. The van der Waals surface area contributed by atoms with Gasteiger partial charge in [0.05, 0.1) is 25.9 Å². The van der Waals surface area contributed by atoms with Crippen LogP contribution in [0.15, 0.2) is 48.0 Å². The summed E-state index contributed by atoms with van der Waals surface area (Å²) >= 11 is 0. The first-order chi connectivity index (χ1) is 14.0. The third-order valence-electron chi connectivity index (χ3n) is 3.70. The fraction of sp³-hybridized carbons (Fsp3) is 0.227. The first-order valence-corrected chi connectivity index (χ1v) is 8.94. The zero-order valence-corrected chi connectivity index (χ0v) is 16.4. The Kier molecular flexibility index (Phi) is 7.80. The Bertz CT molecular complexity index is 958. The van der Waals surface area contributed by atoms with Crippen LogP contribution in [0.1, 0.15) is 29.8 Å². The molecule has 0 heterocycles. The van der Waals surface area contributed by atoms with Crippen LogP contribution in [0.4, 0.5) is 0 Å². The maximum Gasteiger partial charge on any atom is 0.348 e. The van der Waals surface area contributed by atoms with E-state index in [4.69, 9.17) is 24.2 Å². The summed E-state index contributed by atoms with van der Waals surface area (Å²) in [6, 6.07) is 13.1. The highest BCUT2D eigenvalue weighted by atomic mass is 16.6. The number of carbonyl (C=O) groups is 2. The van der Waals surface area contributed by atoms with Gasteiger partial charge in [-0.05, 0) is 55.8 Å². The molecule has 0 fully saturated rings. The molecule has 0 aliphatic heterocycles. The largest absolute Gasteiger partial charge is 0.497 e. The molecular formula is C22H21NO6. The number of hydrogen-bond acceptors (Lipinski definition) is 7. The summed E-state index contributed by atoms with van der Waals surface area (Å²) in [7, 11) is 1.51. The zero-order valence-electron chi connectivity index (χ0n) is 16.4. The van der Waals surface area contributed by atoms with E-state index in [1.54, 1.807) is 50.2 Å². The Labute approximate surface area is 169 Å². The summed E-state index contributed by atoms with van der Waals surface area (Å²) < 4.78 is 21.0. The number of rotatable bonds is 8. The van der Waals surface area contributed by atoms with Gasteiger partial charge in [0.2, 0.25) is 0 Å². The van der Waals surface area contributed by atoms with Crippen molar-refractivity contribution in [3.05, 3.63) is 59.2 Å². The number of esters is 2. The number of nitriles is 1. The summed E-state index contributed by atoms with van der Waals surface area (Å²) in [5.74, 6) is -0.225. The van der Waals surface area contributed by atoms with Crippen LogP contribution in [0.25, 0.3) is 6.08 Å². The summed E-state index contributed by atoms with van der Waals surface area (Å²) in [4.78, 5) is 24.2. The van der Waals surface area contributed by atoms with E-state index in [0.717, 1.165) is 0 Å². The number of nitrogens with zero attached hydrogens (tertiary/aromatic N) is 1. The van der Waals surface area contributed by atoms with Gasteiger partial charge < -0.3 is 18.9 Å². The lowest BCUT2D eigenvalue weighted by Crippen LogP contribution is -2.10. The monoisotopic (exact) mass is 395 g/mol. The van der Waals surface area contributed by atoms with Crippen molar-refractivity contribution in [3.8, 4) is 23.3 Å². The van der Waals surface area contributed by atoms with Gasteiger partial charge in [-0.15, -0.1) is 0 Å². The molecule has 0 unspecified atom stereocenters. The minimum absolute atomic E-state index is 0.143. The molecule has 0 bridgehead atoms. The van der Waals surface area contributed by atoms with Gasteiger partial charge in [-0.2, -0.15) is 5.26 Å². The summed E-state index contributed by atoms with van der Waals surface area (Å²) in [5.41, 5.74) is 0.708. The molecule has 0 radical (unpaired) electrons. The quantitative estimate of drug-likeness (QED) is 0.290. The van der Waals surface area contributed by atoms with Gasteiger partial charge in [0, 0.05) is 0 Å². The van der Waals surface area contributed by atoms with Crippen molar-refractivity contribution >= 4 is 18.0 Å². The molecule has 0 spiro atoms. The van der Waals surface area contributed by atoms with Crippen LogP contribution in [0.2, 0.25) is 0 Å². The molecule has 7 heteroatoms. The summed E-state index contributed by atoms with van der Waals surface area (Å²) in [5, 5.41) is 9.17. The van der Waals surface area contributed by atoms with Gasteiger partial charge in [0.25, 0.3) is 0 Å². The second kappa shape index (κ2) is 10.5. The van der Waals surface area contributed by atoms with E-state index >= 15 is 0 Å². The molecule has 0 N–H and O–H groups in total. The second-order valence-electron chi connectivity index (χ2n) is 5.65. The van der Waals surface area contributed by atoms with Crippen molar-refractivity contribution in [1.82, 2.24) is 0 Å². The van der Waals surface area contributed by atoms with Crippen LogP contribution in [-0.4, -0.2) is 32.3 Å². The van der Waals surface area contributed by atoms with E-state index in [-0.39, 0.29) is 17.9 Å². The zero-order chi connectivity index (χ0) is 21.2. The number of carbonyl (C=O) groups excluding carboxylic acids is 2. The average molecular weight is 395 g/mol. The molecule has 29 heavy (non-hydrogen) atoms. The Morgan fingerprint density at radius 1 is 1.07 bits per heavy atom. The minimum atomic E-state index is -0.707. The van der Waals surface area contributed by atoms with Gasteiger partial charge in [-0.1, -0.05) is 12.1 Å². The molecule has 0 aliphatic carbocycles. The molecule has 2 rings (SSSR count). The predicted molar refractivity (Wildman–Crippen MR) is 106 cm³/mol. The third kappa shape index (κ3) is 5.84. The maximum atomic E-state index is 12.5. The molecule has 7 nitrogen and oxygen atoms in total. The first kappa shape index (κ1) is 21.5. The van der Waals surface area contributed by atoms with E-state index in [9.17, 15) is 9.59 Å². The Morgan fingerprint density at radius 3 is 2.52 bits per heavy atom. The van der Waals surface area contributed by atoms with Gasteiger partial charge in [-0.25, -0.2) is 9.59 Å². The third-order valence-corrected chi connectivity index (χ3v) is 3.70. The summed E-state index contributed by atoms with van der Waals surface area (Å²) in [6.45, 7) is 3.95. The highest BCUT2D eigenvalue weighted by Crippen LogP contribution is 2.30. The molecule has 0 aromatic heterocycles. The molecule has 0 aliphatic rings. The lowest BCUT2D eigenvalue weighted by Gasteiger charge is -2.12. The standard InChI is InChI=1S/C22H21NO6/c1-4-27-20-12-15(11-17(14-23)21(24)28-5-2)9-10-19(20)29-22(25)16-7-6-8-18(13-16)26-3/h6-13H,4-5H2,1-3H3. The van der Waals surface area contributed by atoms with Gasteiger partial charge in [-0.3, -0.25) is 0 Å². The van der Waals surface area contributed by atoms with Crippen LogP contribution in [0.5, 0.6) is 17.2 Å². The maximum absolute atomic E-state index is 12.5. The van der Waals surface area contributed by atoms with Crippen molar-refractivity contribution in [2.24, 2.45) is 0 Å². The topological polar surface area (TPSA) is 94.9 Å². The van der Waals surface area contributed by atoms with Crippen molar-refractivity contribution < 1.29 is 28.5 Å². The Morgan fingerprint density at radius 2 is 1.86 bits per heavy atom. The molecule has 0 saturated heterocycles. The molecule has 2 aromatic carbocycles. The van der Waals surface area contributed by atoms with Crippen LogP contribution in [0, 0.1) is 11.3 Å². The predicted octanol–water partition coefficient (Wildman–Crippen LogP) is 3.78. The number of benzene rings is 2. The number of methoxy groups -OCH3 is 1. The average Bonchev–Trinajstić information content (AvgIpc) is 2.74. The normalized spacial score (nSPS) is 10.6. The van der Waals surface area contributed by atoms with Crippen LogP contribution >= 0.6 is 0 Å². The highest BCUT2D eigenvalue weighted by molar-refractivity contribution is 5.98. The van der Waals surface area contributed by atoms with Crippen LogP contribution in [0.3, 0.4) is 0 Å². The fourth-order valence-electron chi connectivity index (χ4n) is 2.39. The Hall–Kier alpha value is -3.79. The van der Waals surface area contributed by atoms with Crippen LogP contribution < -0.4 is 14.2 Å². The van der Waals surface area contributed by atoms with Gasteiger partial charge >= 0.3 is 11.9 Å². The SMILES string of the molecule is CCOC(=O)C(C#N)=Cc1ccc(OC(=O)c2cccc(OC)c2)c(OCC)c1. The van der Waals surface area contributed by atoms with E-state index in [0.29, 0.717) is 29.2 Å². The Balaban J connectivity index is 2.30. The molecule has 0 amide bonds. The molecule has 0 saturated carbocycles. The van der Waals surface area contributed by atoms with Gasteiger partial charge in [0.15, 0.2) is 11.5 Å². The first-order valence-electron chi connectivity index (χ1n) is 8.94. The van der Waals surface area contributed by atoms with Gasteiger partial charge in [0.1, 0.15) is 17.4 Å². The lowest BCUT2D eigenvalue weighted by molar-refractivity contribution is -0.137. The summed E-state index contributed by atoms with van der Waals surface area (Å²) in [6.07, 6.45) is 1.38. The van der Waals surface area contributed by atoms with Crippen molar-refractivity contribution in [3.63, 3.8) is 0 Å². The van der Waals surface area contributed by atoms with Crippen LogP contribution in [-0.2, 0) is 9.53 Å². The van der Waals surface area contributed by atoms with Crippen molar-refractivity contribution in [2.45, 2.75) is 13.8 Å². The number of ether oxygens (including phenoxy) is 4. The second-order valence-corrected chi connectivity index (χ2v) is 5.65. The van der Waals surface area contributed by atoms with E-state index in [1.165, 1.54) is 19.3 Å². The van der Waals surface area contributed by atoms with E-state index in [1.807, 2.05) is 6.07 Å². The fourth-order valence-corrected chi connectivity index (χ4v) is 2.39. The van der Waals surface area contributed by atoms with Crippen molar-refractivity contribution in [2.75, 3.05) is 20.3 Å². The van der Waals surface area contributed by atoms with E-state index < -0.39 is 11.9 Å². The van der Waals surface area contributed by atoms with E-state index in [2.05, 4.69) is 0 Å². The highest BCUT2D eigenvalue weighted by Gasteiger charge is 2.15. The molecule has 0 atom stereocenters. The molecule has 150 valence electrons. The number of hydrogen-bond donors (Lipinski definition) is 0.